The molecule has 0 radical (unpaired) electrons. The Morgan fingerprint density at radius 2 is 1.68 bits per heavy atom. The summed E-state index contributed by atoms with van der Waals surface area (Å²) in [6.07, 6.45) is 1.70. The van der Waals surface area contributed by atoms with Crippen molar-refractivity contribution >= 4 is 23.1 Å². The van der Waals surface area contributed by atoms with Gasteiger partial charge in [0.15, 0.2) is 0 Å². The zero-order valence-corrected chi connectivity index (χ0v) is 14.6. The molecule has 0 saturated carbocycles. The Bertz CT molecular complexity index is 707. The van der Waals surface area contributed by atoms with Crippen molar-refractivity contribution in [2.75, 3.05) is 41.3 Å². The number of carbonyl (C=O) groups is 1. The first-order chi connectivity index (χ1) is 12.0. The molecule has 5 nitrogen and oxygen atoms in total. The smallest absolute Gasteiger partial charge is 0.226 e. The molecule has 1 N–H and O–H groups in total. The molecule has 2 heterocycles. The van der Waals surface area contributed by atoms with Crippen LogP contribution in [0.3, 0.4) is 0 Å². The molecule has 1 saturated heterocycles. The predicted molar refractivity (Wildman–Crippen MR) is 98.5 cm³/mol. The number of piperazine rings is 1. The summed E-state index contributed by atoms with van der Waals surface area (Å²) in [6, 6.07) is 10.4. The van der Waals surface area contributed by atoms with Crippen molar-refractivity contribution < 1.29 is 9.18 Å². The summed E-state index contributed by atoms with van der Waals surface area (Å²) in [5.74, 6) is 0.624. The lowest BCUT2D eigenvalue weighted by atomic mass is 10.2. The van der Waals surface area contributed by atoms with E-state index in [1.165, 1.54) is 12.1 Å². The van der Waals surface area contributed by atoms with E-state index >= 15 is 0 Å². The number of aromatic nitrogens is 1. The summed E-state index contributed by atoms with van der Waals surface area (Å²) in [7, 11) is 0. The number of nitrogens with one attached hydrogen (secondary N) is 1. The van der Waals surface area contributed by atoms with Crippen molar-refractivity contribution in [3.63, 3.8) is 0 Å². The van der Waals surface area contributed by atoms with Crippen LogP contribution in [0.1, 0.15) is 13.8 Å². The molecule has 3 rings (SSSR count). The lowest BCUT2D eigenvalue weighted by molar-refractivity contribution is -0.118. The molecule has 0 unspecified atom stereocenters. The molecule has 1 aromatic heterocycles. The van der Waals surface area contributed by atoms with Gasteiger partial charge in [-0.1, -0.05) is 13.8 Å². The number of halogens is 1. The fourth-order valence-corrected chi connectivity index (χ4v) is 2.78. The Balaban J connectivity index is 1.57. The highest BCUT2D eigenvalue weighted by Crippen LogP contribution is 2.20. The Morgan fingerprint density at radius 3 is 2.24 bits per heavy atom. The molecule has 1 aliphatic heterocycles. The Labute approximate surface area is 147 Å². The van der Waals surface area contributed by atoms with E-state index < -0.39 is 0 Å². The first kappa shape index (κ1) is 17.2. The van der Waals surface area contributed by atoms with Crippen LogP contribution < -0.4 is 15.1 Å². The van der Waals surface area contributed by atoms with Crippen molar-refractivity contribution in [2.45, 2.75) is 13.8 Å². The topological polar surface area (TPSA) is 48.5 Å². The molecule has 132 valence electrons. The number of amides is 1. The number of hydrogen-bond acceptors (Lipinski definition) is 4. The van der Waals surface area contributed by atoms with E-state index in [0.717, 1.165) is 37.7 Å². The summed E-state index contributed by atoms with van der Waals surface area (Å²) in [5, 5.41) is 2.85. The van der Waals surface area contributed by atoms with Gasteiger partial charge in [0.05, 0.1) is 11.9 Å². The highest BCUT2D eigenvalue weighted by molar-refractivity contribution is 5.91. The maximum atomic E-state index is 13.0. The summed E-state index contributed by atoms with van der Waals surface area (Å²) in [4.78, 5) is 20.6. The van der Waals surface area contributed by atoms with E-state index in [2.05, 4.69) is 20.1 Å². The van der Waals surface area contributed by atoms with Crippen molar-refractivity contribution in [2.24, 2.45) is 5.92 Å². The molecule has 0 bridgehead atoms. The minimum Gasteiger partial charge on any atom is -0.368 e. The van der Waals surface area contributed by atoms with Gasteiger partial charge in [0.25, 0.3) is 0 Å². The van der Waals surface area contributed by atoms with Crippen LogP contribution in [-0.4, -0.2) is 37.1 Å². The molecular weight excluding hydrogens is 319 g/mol. The molecule has 1 fully saturated rings. The van der Waals surface area contributed by atoms with Crippen LogP contribution in [0.2, 0.25) is 0 Å². The van der Waals surface area contributed by atoms with E-state index in [-0.39, 0.29) is 17.6 Å². The van der Waals surface area contributed by atoms with Gasteiger partial charge in [0.1, 0.15) is 11.6 Å². The number of nitrogens with zero attached hydrogens (tertiary/aromatic N) is 3. The summed E-state index contributed by atoms with van der Waals surface area (Å²) < 4.78 is 13.0. The third-order valence-electron chi connectivity index (χ3n) is 4.34. The van der Waals surface area contributed by atoms with Crippen molar-refractivity contribution in [1.82, 2.24) is 4.98 Å². The molecule has 1 aromatic carbocycles. The lowest BCUT2D eigenvalue weighted by Crippen LogP contribution is -2.46. The largest absolute Gasteiger partial charge is 0.368 e. The molecule has 0 atom stereocenters. The van der Waals surface area contributed by atoms with E-state index in [4.69, 9.17) is 0 Å². The lowest BCUT2D eigenvalue weighted by Gasteiger charge is -2.36. The van der Waals surface area contributed by atoms with E-state index in [9.17, 15) is 9.18 Å². The normalized spacial score (nSPS) is 14.7. The van der Waals surface area contributed by atoms with Gasteiger partial charge in [-0.3, -0.25) is 4.79 Å². The highest BCUT2D eigenvalue weighted by atomic mass is 19.1. The number of pyridine rings is 1. The molecule has 25 heavy (non-hydrogen) atoms. The van der Waals surface area contributed by atoms with Gasteiger partial charge < -0.3 is 15.1 Å². The molecule has 2 aromatic rings. The molecule has 1 amide bonds. The van der Waals surface area contributed by atoms with Crippen molar-refractivity contribution in [1.29, 1.82) is 0 Å². The minimum absolute atomic E-state index is 0.0116. The maximum absolute atomic E-state index is 13.0. The van der Waals surface area contributed by atoms with Gasteiger partial charge in [-0.25, -0.2) is 9.37 Å². The number of rotatable bonds is 4. The third kappa shape index (κ3) is 4.26. The zero-order chi connectivity index (χ0) is 17.8. The van der Waals surface area contributed by atoms with Crippen LogP contribution in [-0.2, 0) is 4.79 Å². The van der Waals surface area contributed by atoms with Crippen molar-refractivity contribution in [3.8, 4) is 0 Å². The van der Waals surface area contributed by atoms with Gasteiger partial charge in [-0.05, 0) is 36.4 Å². The van der Waals surface area contributed by atoms with Crippen LogP contribution in [0, 0.1) is 11.7 Å². The first-order valence-corrected chi connectivity index (χ1v) is 8.55. The second-order valence-corrected chi connectivity index (χ2v) is 6.50. The predicted octanol–water partition coefficient (Wildman–Crippen LogP) is 3.14. The summed E-state index contributed by atoms with van der Waals surface area (Å²) in [5.41, 5.74) is 1.76. The Hall–Kier alpha value is -2.63. The highest BCUT2D eigenvalue weighted by Gasteiger charge is 2.18. The number of hydrogen-bond donors (Lipinski definition) is 1. The van der Waals surface area contributed by atoms with Gasteiger partial charge in [-0.15, -0.1) is 0 Å². The first-order valence-electron chi connectivity index (χ1n) is 8.55. The summed E-state index contributed by atoms with van der Waals surface area (Å²) in [6.45, 7) is 7.14. The van der Waals surface area contributed by atoms with Crippen LogP contribution >= 0.6 is 0 Å². The van der Waals surface area contributed by atoms with Crippen LogP contribution in [0.25, 0.3) is 0 Å². The Morgan fingerprint density at radius 1 is 1.04 bits per heavy atom. The number of carbonyl (C=O) groups excluding carboxylic acids is 1. The van der Waals surface area contributed by atoms with Crippen LogP contribution in [0.15, 0.2) is 42.6 Å². The second kappa shape index (κ2) is 7.51. The minimum atomic E-state index is -0.212. The monoisotopic (exact) mass is 342 g/mol. The molecule has 0 spiro atoms. The third-order valence-corrected chi connectivity index (χ3v) is 4.34. The molecule has 0 aliphatic carbocycles. The molecule has 6 heteroatoms. The standard InChI is InChI=1S/C19H23FN4O/c1-14(2)19(25)22-16-5-8-18(21-13-16)24-11-9-23(10-12-24)17-6-3-15(20)4-7-17/h3-8,13-14H,9-12H2,1-2H3,(H,22,25). The maximum Gasteiger partial charge on any atom is 0.226 e. The van der Waals surface area contributed by atoms with Crippen molar-refractivity contribution in [3.05, 3.63) is 48.4 Å². The van der Waals surface area contributed by atoms with Crippen LogP contribution in [0.5, 0.6) is 0 Å². The number of benzene rings is 1. The second-order valence-electron chi connectivity index (χ2n) is 6.50. The zero-order valence-electron chi connectivity index (χ0n) is 14.6. The average molecular weight is 342 g/mol. The quantitative estimate of drug-likeness (QED) is 0.927. The van der Waals surface area contributed by atoms with Gasteiger partial charge >= 0.3 is 0 Å². The van der Waals surface area contributed by atoms with E-state index in [1.54, 1.807) is 6.20 Å². The fourth-order valence-electron chi connectivity index (χ4n) is 2.78. The van der Waals surface area contributed by atoms with E-state index in [1.807, 2.05) is 38.1 Å². The molecule has 1 aliphatic rings. The number of anilines is 3. The fraction of sp³-hybridized carbons (Fsp3) is 0.368. The SMILES string of the molecule is CC(C)C(=O)Nc1ccc(N2CCN(c3ccc(F)cc3)CC2)nc1. The average Bonchev–Trinajstić information content (AvgIpc) is 2.63. The summed E-state index contributed by atoms with van der Waals surface area (Å²) >= 11 is 0. The van der Waals surface area contributed by atoms with Gasteiger partial charge in [0.2, 0.25) is 5.91 Å². The van der Waals surface area contributed by atoms with E-state index in [0.29, 0.717) is 5.69 Å². The molecular formula is C19H23FN4O. The van der Waals surface area contributed by atoms with Crippen LogP contribution in [0.4, 0.5) is 21.6 Å². The van der Waals surface area contributed by atoms with Gasteiger partial charge in [0, 0.05) is 37.8 Å². The Kier molecular flexibility index (Phi) is 5.16. The van der Waals surface area contributed by atoms with Gasteiger partial charge in [-0.2, -0.15) is 0 Å².